The van der Waals surface area contributed by atoms with Crippen molar-refractivity contribution in [3.63, 3.8) is 0 Å². The van der Waals surface area contributed by atoms with E-state index < -0.39 is 0 Å². The Bertz CT molecular complexity index is 292. The maximum Gasteiger partial charge on any atom is 0.261 e. The topological polar surface area (TPSA) is 55.1 Å². The second-order valence-electron chi connectivity index (χ2n) is 2.61. The van der Waals surface area contributed by atoms with Crippen LogP contribution in [0.15, 0.2) is 9.85 Å². The van der Waals surface area contributed by atoms with Crippen molar-refractivity contribution in [2.45, 2.75) is 6.92 Å². The number of carbonyl (C=O) groups excluding carboxylic acids is 1. The third-order valence-corrected chi connectivity index (χ3v) is 3.65. The minimum Gasteiger partial charge on any atom is -0.350 e. The van der Waals surface area contributed by atoms with Crippen molar-refractivity contribution in [1.82, 2.24) is 5.32 Å². The molecule has 0 aliphatic heterocycles. The maximum atomic E-state index is 11.4. The maximum absolute atomic E-state index is 11.4. The van der Waals surface area contributed by atoms with Crippen molar-refractivity contribution >= 4 is 33.2 Å². The fourth-order valence-corrected chi connectivity index (χ4v) is 2.30. The molecular weight excluding hydrogens is 252 g/mol. The number of halogens is 1. The standard InChI is InChI=1S/C8H11BrN2OS/c1-5-4-6(13-7(5)9)8(12)11-3-2-10/h4H,2-3,10H2,1H3,(H,11,12). The smallest absolute Gasteiger partial charge is 0.261 e. The molecule has 1 amide bonds. The van der Waals surface area contributed by atoms with Crippen LogP contribution in [0.5, 0.6) is 0 Å². The van der Waals surface area contributed by atoms with E-state index in [2.05, 4.69) is 21.2 Å². The number of amides is 1. The highest BCUT2D eigenvalue weighted by Crippen LogP contribution is 2.26. The van der Waals surface area contributed by atoms with E-state index in [1.165, 1.54) is 11.3 Å². The van der Waals surface area contributed by atoms with E-state index in [1.807, 2.05) is 13.0 Å². The summed E-state index contributed by atoms with van der Waals surface area (Å²) in [4.78, 5) is 12.1. The van der Waals surface area contributed by atoms with E-state index in [9.17, 15) is 4.79 Å². The molecule has 0 unspecified atom stereocenters. The highest BCUT2D eigenvalue weighted by atomic mass is 79.9. The van der Waals surface area contributed by atoms with Crippen molar-refractivity contribution in [2.75, 3.05) is 13.1 Å². The number of aryl methyl sites for hydroxylation is 1. The first-order valence-corrected chi connectivity index (χ1v) is 5.50. The van der Waals surface area contributed by atoms with Crippen LogP contribution in [0.3, 0.4) is 0 Å². The molecule has 0 fully saturated rings. The lowest BCUT2D eigenvalue weighted by Gasteiger charge is -1.98. The van der Waals surface area contributed by atoms with Gasteiger partial charge in [-0.2, -0.15) is 0 Å². The Labute approximate surface area is 89.5 Å². The van der Waals surface area contributed by atoms with Gasteiger partial charge in [-0.15, -0.1) is 11.3 Å². The van der Waals surface area contributed by atoms with E-state index in [4.69, 9.17) is 5.73 Å². The van der Waals surface area contributed by atoms with Gasteiger partial charge in [0, 0.05) is 13.1 Å². The average molecular weight is 263 g/mol. The molecule has 3 nitrogen and oxygen atoms in total. The molecule has 1 aromatic rings. The third-order valence-electron chi connectivity index (χ3n) is 1.51. The molecule has 3 N–H and O–H groups in total. The van der Waals surface area contributed by atoms with E-state index in [-0.39, 0.29) is 5.91 Å². The van der Waals surface area contributed by atoms with Crippen molar-refractivity contribution in [1.29, 1.82) is 0 Å². The summed E-state index contributed by atoms with van der Waals surface area (Å²) in [6.45, 7) is 2.95. The summed E-state index contributed by atoms with van der Waals surface area (Å²) in [5.41, 5.74) is 6.36. The van der Waals surface area contributed by atoms with Crippen LogP contribution in [0, 0.1) is 6.92 Å². The summed E-state index contributed by atoms with van der Waals surface area (Å²) in [5.74, 6) is -0.0516. The molecule has 0 bridgehead atoms. The summed E-state index contributed by atoms with van der Waals surface area (Å²) in [6.07, 6.45) is 0. The van der Waals surface area contributed by atoms with Gasteiger partial charge >= 0.3 is 0 Å². The molecule has 0 spiro atoms. The first-order valence-electron chi connectivity index (χ1n) is 3.89. The lowest BCUT2D eigenvalue weighted by molar-refractivity contribution is 0.0959. The summed E-state index contributed by atoms with van der Waals surface area (Å²) in [7, 11) is 0. The number of hydrogen-bond donors (Lipinski definition) is 2. The second-order valence-corrected chi connectivity index (χ2v) is 4.98. The Hall–Kier alpha value is -0.390. The zero-order chi connectivity index (χ0) is 9.84. The van der Waals surface area contributed by atoms with Crippen LogP contribution in [0.1, 0.15) is 15.2 Å². The largest absolute Gasteiger partial charge is 0.350 e. The van der Waals surface area contributed by atoms with Gasteiger partial charge in [-0.3, -0.25) is 4.79 Å². The molecule has 5 heteroatoms. The van der Waals surface area contributed by atoms with Gasteiger partial charge in [-0.1, -0.05) is 0 Å². The van der Waals surface area contributed by atoms with Crippen LogP contribution in [0.2, 0.25) is 0 Å². The van der Waals surface area contributed by atoms with Gasteiger partial charge in [0.25, 0.3) is 5.91 Å². The Morgan fingerprint density at radius 3 is 2.92 bits per heavy atom. The van der Waals surface area contributed by atoms with Crippen LogP contribution in [-0.4, -0.2) is 19.0 Å². The zero-order valence-corrected chi connectivity index (χ0v) is 9.67. The van der Waals surface area contributed by atoms with Crippen LogP contribution >= 0.6 is 27.3 Å². The SMILES string of the molecule is Cc1cc(C(=O)NCCN)sc1Br. The first-order chi connectivity index (χ1) is 6.15. The zero-order valence-electron chi connectivity index (χ0n) is 7.26. The number of hydrogen-bond acceptors (Lipinski definition) is 3. The Morgan fingerprint density at radius 2 is 2.46 bits per heavy atom. The predicted octanol–water partition coefficient (Wildman–Crippen LogP) is 1.51. The lowest BCUT2D eigenvalue weighted by Crippen LogP contribution is -2.28. The Kier molecular flexibility index (Phi) is 3.90. The molecule has 1 heterocycles. The molecule has 0 saturated carbocycles. The molecule has 0 aliphatic carbocycles. The number of nitrogens with two attached hydrogens (primary N) is 1. The van der Waals surface area contributed by atoms with Gasteiger partial charge in [0.2, 0.25) is 0 Å². The van der Waals surface area contributed by atoms with Gasteiger partial charge in [-0.25, -0.2) is 0 Å². The van der Waals surface area contributed by atoms with Gasteiger partial charge in [0.15, 0.2) is 0 Å². The average Bonchev–Trinajstić information content (AvgIpc) is 2.43. The number of thiophene rings is 1. The number of carbonyl (C=O) groups is 1. The molecule has 1 rings (SSSR count). The molecule has 13 heavy (non-hydrogen) atoms. The van der Waals surface area contributed by atoms with Gasteiger partial charge in [0.1, 0.15) is 0 Å². The van der Waals surface area contributed by atoms with E-state index in [1.54, 1.807) is 0 Å². The summed E-state index contributed by atoms with van der Waals surface area (Å²) < 4.78 is 1.00. The number of rotatable bonds is 3. The Morgan fingerprint density at radius 1 is 1.77 bits per heavy atom. The van der Waals surface area contributed by atoms with Gasteiger partial charge < -0.3 is 11.1 Å². The molecular formula is C8H11BrN2OS. The summed E-state index contributed by atoms with van der Waals surface area (Å²) >= 11 is 4.80. The van der Waals surface area contributed by atoms with Crippen LogP contribution in [0.4, 0.5) is 0 Å². The van der Waals surface area contributed by atoms with Crippen molar-refractivity contribution in [3.05, 3.63) is 20.3 Å². The predicted molar refractivity (Wildman–Crippen MR) is 58.1 cm³/mol. The monoisotopic (exact) mass is 262 g/mol. The second kappa shape index (κ2) is 4.74. The summed E-state index contributed by atoms with van der Waals surface area (Å²) in [6, 6.07) is 1.86. The van der Waals surface area contributed by atoms with Crippen molar-refractivity contribution in [2.24, 2.45) is 5.73 Å². The third kappa shape index (κ3) is 2.79. The van der Waals surface area contributed by atoms with Gasteiger partial charge in [0.05, 0.1) is 8.66 Å². The fraction of sp³-hybridized carbons (Fsp3) is 0.375. The lowest BCUT2D eigenvalue weighted by atomic mass is 10.3. The molecule has 0 aliphatic rings. The van der Waals surface area contributed by atoms with Crippen LogP contribution < -0.4 is 11.1 Å². The molecule has 0 atom stereocenters. The van der Waals surface area contributed by atoms with Crippen molar-refractivity contribution in [3.8, 4) is 0 Å². The minimum atomic E-state index is -0.0516. The quantitative estimate of drug-likeness (QED) is 0.868. The van der Waals surface area contributed by atoms with E-state index in [0.29, 0.717) is 13.1 Å². The fourth-order valence-electron chi connectivity index (χ4n) is 0.845. The van der Waals surface area contributed by atoms with E-state index >= 15 is 0 Å². The highest BCUT2D eigenvalue weighted by molar-refractivity contribution is 9.11. The van der Waals surface area contributed by atoms with Crippen molar-refractivity contribution < 1.29 is 4.79 Å². The van der Waals surface area contributed by atoms with E-state index in [0.717, 1.165) is 14.2 Å². The molecule has 0 aromatic carbocycles. The molecule has 1 aromatic heterocycles. The Balaban J connectivity index is 2.66. The van der Waals surface area contributed by atoms with Gasteiger partial charge in [-0.05, 0) is 34.5 Å². The normalized spacial score (nSPS) is 10.1. The minimum absolute atomic E-state index is 0.0516. The first kappa shape index (κ1) is 10.7. The summed E-state index contributed by atoms with van der Waals surface area (Å²) in [5, 5.41) is 2.71. The molecule has 0 saturated heterocycles. The van der Waals surface area contributed by atoms with Crippen LogP contribution in [-0.2, 0) is 0 Å². The highest BCUT2D eigenvalue weighted by Gasteiger charge is 2.09. The molecule has 72 valence electrons. The molecule has 0 radical (unpaired) electrons. The van der Waals surface area contributed by atoms with Crippen LogP contribution in [0.25, 0.3) is 0 Å². The number of nitrogens with one attached hydrogen (secondary N) is 1.